The van der Waals surface area contributed by atoms with Gasteiger partial charge >= 0.3 is 0 Å². The van der Waals surface area contributed by atoms with Crippen LogP contribution in [0, 0.1) is 17.1 Å². The normalized spacial score (nSPS) is 14.4. The third-order valence-electron chi connectivity index (χ3n) is 5.75. The van der Waals surface area contributed by atoms with E-state index in [1.807, 2.05) is 30.3 Å². The van der Waals surface area contributed by atoms with Gasteiger partial charge in [-0.25, -0.2) is 9.07 Å². The lowest BCUT2D eigenvalue weighted by Gasteiger charge is -2.36. The van der Waals surface area contributed by atoms with Crippen LogP contribution in [0.2, 0.25) is 0 Å². The first kappa shape index (κ1) is 22.1. The fraction of sp³-hybridized carbons (Fsp3) is 0.292. The number of aromatic nitrogens is 2. The minimum Gasteiger partial charge on any atom is -0.382 e. The van der Waals surface area contributed by atoms with Gasteiger partial charge in [-0.15, -0.1) is 0 Å². The topological polar surface area (TPSA) is 112 Å². The van der Waals surface area contributed by atoms with Gasteiger partial charge in [0.2, 0.25) is 0 Å². The van der Waals surface area contributed by atoms with Crippen molar-refractivity contribution in [1.29, 1.82) is 5.26 Å². The maximum absolute atomic E-state index is 13.1. The Bertz CT molecular complexity index is 1140. The highest BCUT2D eigenvalue weighted by molar-refractivity contribution is 5.78. The summed E-state index contributed by atoms with van der Waals surface area (Å²) in [4.78, 5) is 8.79. The molecule has 1 saturated heterocycles. The fourth-order valence-corrected chi connectivity index (χ4v) is 3.93. The van der Waals surface area contributed by atoms with Crippen LogP contribution in [0.15, 0.2) is 59.6 Å². The molecule has 1 fully saturated rings. The summed E-state index contributed by atoms with van der Waals surface area (Å²) in [7, 11) is 0. The van der Waals surface area contributed by atoms with Crippen molar-refractivity contribution in [3.05, 3.63) is 71.7 Å². The van der Waals surface area contributed by atoms with Gasteiger partial charge in [-0.2, -0.15) is 10.4 Å². The molecule has 0 aliphatic carbocycles. The number of nitrogens with two attached hydrogens (primary N) is 2. The van der Waals surface area contributed by atoms with Crippen LogP contribution < -0.4 is 16.4 Å². The van der Waals surface area contributed by atoms with Gasteiger partial charge in [0.1, 0.15) is 23.3 Å². The van der Waals surface area contributed by atoms with Crippen LogP contribution in [0.5, 0.6) is 0 Å². The predicted molar refractivity (Wildman–Crippen MR) is 128 cm³/mol. The van der Waals surface area contributed by atoms with E-state index in [0.717, 1.165) is 37.6 Å². The summed E-state index contributed by atoms with van der Waals surface area (Å²) in [5.74, 6) is 0.634. The molecule has 33 heavy (non-hydrogen) atoms. The molecular weight excluding hydrogens is 419 g/mol. The predicted octanol–water partition coefficient (Wildman–Crippen LogP) is 2.53. The zero-order valence-corrected chi connectivity index (χ0v) is 18.4. The van der Waals surface area contributed by atoms with Gasteiger partial charge < -0.3 is 21.3 Å². The number of nitrogen functional groups attached to an aromatic ring is 1. The highest BCUT2D eigenvalue weighted by Crippen LogP contribution is 2.21. The third-order valence-corrected chi connectivity index (χ3v) is 5.75. The van der Waals surface area contributed by atoms with Crippen LogP contribution in [0.25, 0.3) is 5.69 Å². The summed E-state index contributed by atoms with van der Waals surface area (Å²) < 4.78 is 14.7. The zero-order valence-electron chi connectivity index (χ0n) is 18.4. The number of aliphatic imine (C=N–C) groups is 1. The van der Waals surface area contributed by atoms with Crippen molar-refractivity contribution in [1.82, 2.24) is 14.7 Å². The minimum absolute atomic E-state index is 0.231. The number of nitriles is 1. The first-order valence-electron chi connectivity index (χ1n) is 10.9. The fourth-order valence-electron chi connectivity index (χ4n) is 3.93. The summed E-state index contributed by atoms with van der Waals surface area (Å²) in [6, 6.07) is 18.2. The molecule has 0 atom stereocenters. The maximum Gasteiger partial charge on any atom is 0.191 e. The van der Waals surface area contributed by atoms with Gasteiger partial charge in [-0.1, -0.05) is 18.2 Å². The number of halogens is 1. The molecule has 0 amide bonds. The van der Waals surface area contributed by atoms with Gasteiger partial charge in [-0.3, -0.25) is 4.99 Å². The summed E-state index contributed by atoms with van der Waals surface area (Å²) in [5, 5.41) is 14.1. The van der Waals surface area contributed by atoms with Crippen molar-refractivity contribution in [2.75, 3.05) is 43.4 Å². The smallest absolute Gasteiger partial charge is 0.191 e. The van der Waals surface area contributed by atoms with E-state index in [1.54, 1.807) is 16.8 Å². The number of benzene rings is 2. The number of piperazine rings is 1. The van der Waals surface area contributed by atoms with E-state index in [1.165, 1.54) is 12.1 Å². The van der Waals surface area contributed by atoms with E-state index >= 15 is 0 Å². The molecule has 0 bridgehead atoms. The molecule has 0 spiro atoms. The van der Waals surface area contributed by atoms with Crippen molar-refractivity contribution in [2.24, 2.45) is 10.7 Å². The van der Waals surface area contributed by atoms with Gasteiger partial charge in [0.15, 0.2) is 5.96 Å². The average molecular weight is 447 g/mol. The van der Waals surface area contributed by atoms with Gasteiger partial charge in [0.25, 0.3) is 0 Å². The van der Waals surface area contributed by atoms with Crippen molar-refractivity contribution in [3.8, 4) is 11.8 Å². The quantitative estimate of drug-likeness (QED) is 0.342. The Labute approximate surface area is 192 Å². The first-order valence-corrected chi connectivity index (χ1v) is 10.9. The second kappa shape index (κ2) is 10.0. The molecule has 1 aliphatic heterocycles. The highest BCUT2D eigenvalue weighted by atomic mass is 19.1. The molecule has 1 aromatic heterocycles. The summed E-state index contributed by atoms with van der Waals surface area (Å²) in [6.45, 7) is 3.63. The summed E-state index contributed by atoms with van der Waals surface area (Å²) >= 11 is 0. The van der Waals surface area contributed by atoms with E-state index in [4.69, 9.17) is 11.5 Å². The highest BCUT2D eigenvalue weighted by Gasteiger charge is 2.19. The van der Waals surface area contributed by atoms with E-state index < -0.39 is 0 Å². The van der Waals surface area contributed by atoms with Crippen LogP contribution in [0.3, 0.4) is 0 Å². The zero-order chi connectivity index (χ0) is 23.2. The number of hydrogen-bond acceptors (Lipinski definition) is 5. The molecule has 1 aliphatic rings. The van der Waals surface area contributed by atoms with Crippen LogP contribution >= 0.6 is 0 Å². The van der Waals surface area contributed by atoms with Crippen molar-refractivity contribution in [2.45, 2.75) is 12.8 Å². The monoisotopic (exact) mass is 446 g/mol. The molecule has 0 saturated carbocycles. The molecule has 9 heteroatoms. The molecule has 0 radical (unpaired) electrons. The SMILES string of the molecule is N#Cc1c(CCCN=C(N)N2CCN(c3ccc(F)cc3)CC2)nn(-c2ccccc2)c1N. The number of hydrogen-bond donors (Lipinski definition) is 2. The lowest BCUT2D eigenvalue weighted by Crippen LogP contribution is -2.51. The molecule has 3 aromatic rings. The Hall–Kier alpha value is -4.06. The van der Waals surface area contributed by atoms with Gasteiger partial charge in [0, 0.05) is 38.4 Å². The number of para-hydroxylation sites is 1. The Morgan fingerprint density at radius 2 is 1.73 bits per heavy atom. The van der Waals surface area contributed by atoms with Crippen LogP contribution in [0.1, 0.15) is 17.7 Å². The minimum atomic E-state index is -0.231. The van der Waals surface area contributed by atoms with Gasteiger partial charge in [-0.05, 0) is 49.2 Å². The second-order valence-corrected chi connectivity index (χ2v) is 7.86. The molecule has 0 unspecified atom stereocenters. The van der Waals surface area contributed by atoms with Crippen molar-refractivity contribution < 1.29 is 4.39 Å². The van der Waals surface area contributed by atoms with Crippen molar-refractivity contribution in [3.63, 3.8) is 0 Å². The summed E-state index contributed by atoms with van der Waals surface area (Å²) in [5.41, 5.74) is 15.3. The largest absolute Gasteiger partial charge is 0.382 e. The lowest BCUT2D eigenvalue weighted by molar-refractivity contribution is 0.380. The lowest BCUT2D eigenvalue weighted by atomic mass is 10.1. The van der Waals surface area contributed by atoms with E-state index in [0.29, 0.717) is 42.4 Å². The van der Waals surface area contributed by atoms with Crippen LogP contribution in [-0.2, 0) is 6.42 Å². The standard InChI is InChI=1S/C24H27FN8/c25-18-8-10-19(11-9-18)31-13-15-32(16-14-31)24(28)29-12-4-7-22-21(17-26)23(27)33(30-22)20-5-2-1-3-6-20/h1-3,5-6,8-11H,4,7,12-16,27H2,(H2,28,29). The Kier molecular flexibility index (Phi) is 6.74. The van der Waals surface area contributed by atoms with Crippen LogP contribution in [-0.4, -0.2) is 53.4 Å². The molecular formula is C24H27FN8. The van der Waals surface area contributed by atoms with Gasteiger partial charge in [0.05, 0.1) is 11.4 Å². The summed E-state index contributed by atoms with van der Waals surface area (Å²) in [6.07, 6.45) is 1.29. The molecule has 4 rings (SSSR count). The van der Waals surface area contributed by atoms with Crippen molar-refractivity contribution >= 4 is 17.5 Å². The van der Waals surface area contributed by atoms with Crippen LogP contribution in [0.4, 0.5) is 15.9 Å². The average Bonchev–Trinajstić information content (AvgIpc) is 3.18. The number of rotatable bonds is 6. The third kappa shape index (κ3) is 5.06. The second-order valence-electron chi connectivity index (χ2n) is 7.86. The number of guanidine groups is 1. The van der Waals surface area contributed by atoms with E-state index in [9.17, 15) is 9.65 Å². The Balaban J connectivity index is 1.30. The molecule has 8 nitrogen and oxygen atoms in total. The maximum atomic E-state index is 13.1. The van der Waals surface area contributed by atoms with E-state index in [-0.39, 0.29) is 5.82 Å². The molecule has 4 N–H and O–H groups in total. The first-order chi connectivity index (χ1) is 16.1. The Morgan fingerprint density at radius 1 is 1.03 bits per heavy atom. The number of anilines is 2. The van der Waals surface area contributed by atoms with E-state index in [2.05, 4.69) is 26.0 Å². The Morgan fingerprint density at radius 3 is 2.39 bits per heavy atom. The molecule has 2 aromatic carbocycles. The molecule has 170 valence electrons. The number of aryl methyl sites for hydroxylation is 1. The number of nitrogens with zero attached hydrogens (tertiary/aromatic N) is 6. The molecule has 2 heterocycles.